The van der Waals surface area contributed by atoms with E-state index in [1.807, 2.05) is 12.1 Å². The number of ether oxygens (including phenoxy) is 1. The van der Waals surface area contributed by atoms with E-state index in [1.54, 1.807) is 12.1 Å². The lowest BCUT2D eigenvalue weighted by Gasteiger charge is -2.11. The Bertz CT molecular complexity index is 1220. The van der Waals surface area contributed by atoms with Gasteiger partial charge in [-0.1, -0.05) is 18.2 Å². The topological polar surface area (TPSA) is 131 Å². The number of carbonyl (C=O) groups excluding carboxylic acids is 1. The molecule has 0 aromatic heterocycles. The van der Waals surface area contributed by atoms with Crippen molar-refractivity contribution in [1.82, 2.24) is 5.43 Å². The molecule has 0 saturated heterocycles. The summed E-state index contributed by atoms with van der Waals surface area (Å²) in [4.78, 5) is 33.4. The van der Waals surface area contributed by atoms with Crippen LogP contribution in [0.15, 0.2) is 65.8 Å². The number of nitrogens with one attached hydrogen (secondary N) is 1. The normalized spacial score (nSPS) is 10.7. The van der Waals surface area contributed by atoms with Crippen molar-refractivity contribution in [1.29, 1.82) is 0 Å². The average molecular weight is 671 g/mol. The van der Waals surface area contributed by atoms with Crippen LogP contribution >= 0.6 is 45.2 Å². The van der Waals surface area contributed by atoms with Crippen molar-refractivity contribution in [3.8, 4) is 5.75 Å². The molecule has 1 amide bonds. The maximum Gasteiger partial charge on any atom is 0.335 e. The molecule has 3 rings (SSSR count). The van der Waals surface area contributed by atoms with Crippen LogP contribution in [-0.4, -0.2) is 28.1 Å². The van der Waals surface area contributed by atoms with E-state index >= 15 is 0 Å². The molecular formula is C22H15I2N3O6. The van der Waals surface area contributed by atoms with Crippen LogP contribution in [0.5, 0.6) is 5.75 Å². The predicted octanol–water partition coefficient (Wildman–Crippen LogP) is 4.85. The number of carbonyl (C=O) groups is 2. The molecule has 0 aliphatic rings. The highest BCUT2D eigenvalue weighted by Gasteiger charge is 2.12. The molecular weight excluding hydrogens is 656 g/mol. The Kier molecular flexibility index (Phi) is 8.32. The number of amides is 1. The SMILES string of the molecule is O=C(O)c1ccc(COc2c(I)cc(/C=N\NC(=O)c3cccc([N+](=O)[O-])c3)cc2I)cc1. The van der Waals surface area contributed by atoms with Crippen molar-refractivity contribution in [3.63, 3.8) is 0 Å². The number of nitro benzene ring substituents is 1. The van der Waals surface area contributed by atoms with Crippen LogP contribution in [0.4, 0.5) is 5.69 Å². The van der Waals surface area contributed by atoms with Crippen molar-refractivity contribution >= 4 is 69.0 Å². The Morgan fingerprint density at radius 1 is 1.06 bits per heavy atom. The fraction of sp³-hybridized carbons (Fsp3) is 0.0455. The molecule has 168 valence electrons. The van der Waals surface area contributed by atoms with E-state index in [-0.39, 0.29) is 23.4 Å². The molecule has 0 unspecified atom stereocenters. The number of rotatable bonds is 8. The largest absolute Gasteiger partial charge is 0.487 e. The highest BCUT2D eigenvalue weighted by Crippen LogP contribution is 2.29. The summed E-state index contributed by atoms with van der Waals surface area (Å²) in [5, 5.41) is 23.7. The summed E-state index contributed by atoms with van der Waals surface area (Å²) in [6.07, 6.45) is 1.47. The number of hydrogen-bond donors (Lipinski definition) is 2. The molecule has 3 aromatic rings. The number of carboxylic acid groups (broad SMARTS) is 1. The first-order valence-corrected chi connectivity index (χ1v) is 11.4. The molecule has 0 bridgehead atoms. The van der Waals surface area contributed by atoms with Gasteiger partial charge in [0.2, 0.25) is 0 Å². The van der Waals surface area contributed by atoms with Gasteiger partial charge < -0.3 is 9.84 Å². The minimum Gasteiger partial charge on any atom is -0.487 e. The molecule has 3 aromatic carbocycles. The second-order valence-electron chi connectivity index (χ2n) is 6.61. The zero-order chi connectivity index (χ0) is 24.0. The predicted molar refractivity (Wildman–Crippen MR) is 138 cm³/mol. The summed E-state index contributed by atoms with van der Waals surface area (Å²) in [6.45, 7) is 0.276. The van der Waals surface area contributed by atoms with Crippen LogP contribution in [0.25, 0.3) is 0 Å². The number of aromatic carboxylic acids is 1. The Hall–Kier alpha value is -3.07. The van der Waals surface area contributed by atoms with Crippen molar-refractivity contribution in [2.24, 2.45) is 5.10 Å². The second-order valence-corrected chi connectivity index (χ2v) is 8.94. The zero-order valence-electron chi connectivity index (χ0n) is 16.7. The lowest BCUT2D eigenvalue weighted by atomic mass is 10.1. The maximum atomic E-state index is 12.2. The van der Waals surface area contributed by atoms with Gasteiger partial charge in [-0.15, -0.1) is 0 Å². The number of halogens is 2. The third kappa shape index (κ3) is 6.71. The molecule has 0 saturated carbocycles. The number of benzene rings is 3. The average Bonchev–Trinajstić information content (AvgIpc) is 2.78. The second kappa shape index (κ2) is 11.2. The smallest absolute Gasteiger partial charge is 0.335 e. The first-order valence-electron chi connectivity index (χ1n) is 9.26. The highest BCUT2D eigenvalue weighted by atomic mass is 127. The van der Waals surface area contributed by atoms with Gasteiger partial charge in [0.15, 0.2) is 0 Å². The van der Waals surface area contributed by atoms with Crippen LogP contribution in [0.2, 0.25) is 0 Å². The molecule has 0 spiro atoms. The summed E-state index contributed by atoms with van der Waals surface area (Å²) in [7, 11) is 0. The summed E-state index contributed by atoms with van der Waals surface area (Å²) in [5.41, 5.74) is 4.08. The van der Waals surface area contributed by atoms with Crippen LogP contribution in [0.3, 0.4) is 0 Å². The lowest BCUT2D eigenvalue weighted by Crippen LogP contribution is -2.17. The molecule has 0 heterocycles. The van der Waals surface area contributed by atoms with E-state index in [4.69, 9.17) is 9.84 Å². The van der Waals surface area contributed by atoms with Gasteiger partial charge in [0, 0.05) is 17.7 Å². The lowest BCUT2D eigenvalue weighted by molar-refractivity contribution is -0.384. The molecule has 33 heavy (non-hydrogen) atoms. The van der Waals surface area contributed by atoms with E-state index in [1.165, 1.54) is 42.6 Å². The zero-order valence-corrected chi connectivity index (χ0v) is 21.0. The molecule has 0 aliphatic carbocycles. The summed E-state index contributed by atoms with van der Waals surface area (Å²) < 4.78 is 7.56. The number of hydrazone groups is 1. The molecule has 2 N–H and O–H groups in total. The van der Waals surface area contributed by atoms with Gasteiger partial charge >= 0.3 is 5.97 Å². The van der Waals surface area contributed by atoms with Crippen LogP contribution in [-0.2, 0) is 6.61 Å². The van der Waals surface area contributed by atoms with Gasteiger partial charge in [0.1, 0.15) is 12.4 Å². The monoisotopic (exact) mass is 671 g/mol. The van der Waals surface area contributed by atoms with E-state index in [0.29, 0.717) is 5.75 Å². The van der Waals surface area contributed by atoms with Crippen LogP contribution in [0, 0.1) is 17.3 Å². The Balaban J connectivity index is 1.64. The van der Waals surface area contributed by atoms with Crippen molar-refractivity contribution < 1.29 is 24.4 Å². The van der Waals surface area contributed by atoms with Gasteiger partial charge in [0.25, 0.3) is 11.6 Å². The van der Waals surface area contributed by atoms with Crippen LogP contribution in [0.1, 0.15) is 31.8 Å². The van der Waals surface area contributed by atoms with Crippen molar-refractivity contribution in [3.05, 3.63) is 100 Å². The van der Waals surface area contributed by atoms with Gasteiger partial charge in [-0.25, -0.2) is 10.2 Å². The summed E-state index contributed by atoms with van der Waals surface area (Å²) in [6, 6.07) is 15.5. The Morgan fingerprint density at radius 2 is 1.73 bits per heavy atom. The first-order chi connectivity index (χ1) is 15.7. The van der Waals surface area contributed by atoms with E-state index < -0.39 is 16.8 Å². The molecule has 0 fully saturated rings. The van der Waals surface area contributed by atoms with Gasteiger partial charge in [-0.3, -0.25) is 14.9 Å². The summed E-state index contributed by atoms with van der Waals surface area (Å²) >= 11 is 4.26. The molecule has 0 radical (unpaired) electrons. The third-order valence-corrected chi connectivity index (χ3v) is 5.91. The Morgan fingerprint density at radius 3 is 2.33 bits per heavy atom. The molecule has 9 nitrogen and oxygen atoms in total. The first kappa shape index (κ1) is 24.6. The van der Waals surface area contributed by atoms with E-state index in [9.17, 15) is 19.7 Å². The third-order valence-electron chi connectivity index (χ3n) is 4.30. The van der Waals surface area contributed by atoms with Crippen LogP contribution < -0.4 is 10.2 Å². The van der Waals surface area contributed by atoms with Gasteiger partial charge in [-0.2, -0.15) is 5.10 Å². The standard InChI is InChI=1S/C22H15I2N3O6/c23-18-8-14(11-25-26-21(28)16-2-1-3-17(10-16)27(31)32)9-19(24)20(18)33-12-13-4-6-15(7-5-13)22(29)30/h1-11H,12H2,(H,26,28)(H,29,30)/b25-11-. The van der Waals surface area contributed by atoms with Crippen molar-refractivity contribution in [2.75, 3.05) is 0 Å². The van der Waals surface area contributed by atoms with Crippen molar-refractivity contribution in [2.45, 2.75) is 6.61 Å². The van der Waals surface area contributed by atoms with E-state index in [2.05, 4.69) is 55.7 Å². The summed E-state index contributed by atoms with van der Waals surface area (Å²) in [5.74, 6) is -0.866. The fourth-order valence-corrected chi connectivity index (χ4v) is 4.81. The molecule has 0 aliphatic heterocycles. The number of nitro groups is 1. The number of hydrogen-bond acceptors (Lipinski definition) is 6. The minimum absolute atomic E-state index is 0.130. The van der Waals surface area contributed by atoms with Gasteiger partial charge in [0.05, 0.1) is 23.8 Å². The quantitative estimate of drug-likeness (QED) is 0.153. The van der Waals surface area contributed by atoms with Gasteiger partial charge in [-0.05, 0) is 86.6 Å². The molecule has 11 heteroatoms. The number of non-ortho nitro benzene ring substituents is 1. The number of nitrogens with zero attached hydrogens (tertiary/aromatic N) is 2. The highest BCUT2D eigenvalue weighted by molar-refractivity contribution is 14.1. The minimum atomic E-state index is -0.981. The van der Waals surface area contributed by atoms with E-state index in [0.717, 1.165) is 18.3 Å². The number of carboxylic acids is 1. The molecule has 0 atom stereocenters. The Labute approximate surface area is 215 Å². The maximum absolute atomic E-state index is 12.2. The fourth-order valence-electron chi connectivity index (χ4n) is 2.68.